The van der Waals surface area contributed by atoms with E-state index in [4.69, 9.17) is 5.73 Å². The molecular weight excluding hydrogens is 305 g/mol. The monoisotopic (exact) mass is 327 g/mol. The Morgan fingerprint density at radius 1 is 1.26 bits per heavy atom. The highest BCUT2D eigenvalue weighted by Gasteiger charge is 2.24. The van der Waals surface area contributed by atoms with Crippen LogP contribution in [0.25, 0.3) is 0 Å². The first-order chi connectivity index (χ1) is 9.08. The molecule has 0 spiro atoms. The number of nitrogens with two attached hydrogens (primary N) is 1. The maximum Gasteiger partial charge on any atom is 0.124 e. The molecule has 1 atom stereocenters. The Labute approximate surface area is 123 Å². The van der Waals surface area contributed by atoms with Crippen LogP contribution in [0.4, 0.5) is 4.39 Å². The predicted molar refractivity (Wildman–Crippen MR) is 81.5 cm³/mol. The normalized spacial score (nSPS) is 25.3. The summed E-state index contributed by atoms with van der Waals surface area (Å²) in [5, 5.41) is 0. The molecule has 1 saturated carbocycles. The highest BCUT2D eigenvalue weighted by atomic mass is 79.9. The minimum atomic E-state index is -0.189. The molecule has 19 heavy (non-hydrogen) atoms. The van der Waals surface area contributed by atoms with Crippen molar-refractivity contribution in [2.45, 2.75) is 51.5 Å². The van der Waals surface area contributed by atoms with Crippen LogP contribution in [0.15, 0.2) is 22.7 Å². The number of halogens is 2. The number of hydrogen-bond donors (Lipinski definition) is 1. The Morgan fingerprint density at radius 3 is 2.53 bits per heavy atom. The zero-order valence-electron chi connectivity index (χ0n) is 11.5. The van der Waals surface area contributed by atoms with Gasteiger partial charge in [0.2, 0.25) is 0 Å². The van der Waals surface area contributed by atoms with Gasteiger partial charge in [-0.15, -0.1) is 0 Å². The maximum atomic E-state index is 13.3. The van der Waals surface area contributed by atoms with Crippen molar-refractivity contribution in [2.75, 3.05) is 0 Å². The van der Waals surface area contributed by atoms with Gasteiger partial charge in [0.05, 0.1) is 0 Å². The highest BCUT2D eigenvalue weighted by Crippen LogP contribution is 2.32. The maximum absolute atomic E-state index is 13.3. The molecule has 106 valence electrons. The summed E-state index contributed by atoms with van der Waals surface area (Å²) in [4.78, 5) is 0. The van der Waals surface area contributed by atoms with E-state index in [0.717, 1.165) is 22.4 Å². The lowest BCUT2D eigenvalue weighted by Gasteiger charge is -2.31. The second-order valence-electron chi connectivity index (χ2n) is 5.83. The molecule has 1 aliphatic carbocycles. The molecule has 2 N–H and O–H groups in total. The van der Waals surface area contributed by atoms with E-state index < -0.39 is 0 Å². The minimum absolute atomic E-state index is 0.159. The molecule has 1 unspecified atom stereocenters. The zero-order valence-corrected chi connectivity index (χ0v) is 13.1. The van der Waals surface area contributed by atoms with Gasteiger partial charge in [-0.2, -0.15) is 0 Å². The lowest BCUT2D eigenvalue weighted by atomic mass is 9.76. The van der Waals surface area contributed by atoms with Gasteiger partial charge >= 0.3 is 0 Å². The standard InChI is InChI=1S/C16H23BrFN/c1-2-11-3-5-13(6-4-11)16(19)9-12-7-14(17)10-15(18)8-12/h7-8,10-11,13,16H,2-6,9,19H2,1H3. The van der Waals surface area contributed by atoms with Gasteiger partial charge in [0.25, 0.3) is 0 Å². The lowest BCUT2D eigenvalue weighted by molar-refractivity contribution is 0.238. The largest absolute Gasteiger partial charge is 0.327 e. The molecule has 0 heterocycles. The van der Waals surface area contributed by atoms with E-state index >= 15 is 0 Å². The summed E-state index contributed by atoms with van der Waals surface area (Å²) in [6.07, 6.45) is 7.15. The first-order valence-electron chi connectivity index (χ1n) is 7.29. The second kappa shape index (κ2) is 6.85. The van der Waals surface area contributed by atoms with Crippen molar-refractivity contribution in [2.24, 2.45) is 17.6 Å². The number of rotatable bonds is 4. The van der Waals surface area contributed by atoms with E-state index in [0.29, 0.717) is 5.92 Å². The van der Waals surface area contributed by atoms with E-state index in [9.17, 15) is 4.39 Å². The summed E-state index contributed by atoms with van der Waals surface area (Å²) < 4.78 is 14.1. The molecular formula is C16H23BrFN. The molecule has 0 radical (unpaired) electrons. The van der Waals surface area contributed by atoms with Gasteiger partial charge < -0.3 is 5.73 Å². The molecule has 3 heteroatoms. The van der Waals surface area contributed by atoms with Crippen LogP contribution in [-0.4, -0.2) is 6.04 Å². The molecule has 0 bridgehead atoms. The minimum Gasteiger partial charge on any atom is -0.327 e. The summed E-state index contributed by atoms with van der Waals surface area (Å²) in [6.45, 7) is 2.27. The summed E-state index contributed by atoms with van der Waals surface area (Å²) in [7, 11) is 0. The van der Waals surface area contributed by atoms with E-state index in [1.807, 2.05) is 6.07 Å². The topological polar surface area (TPSA) is 26.0 Å². The van der Waals surface area contributed by atoms with Crippen LogP contribution in [0.2, 0.25) is 0 Å². The molecule has 1 nitrogen and oxygen atoms in total. The first kappa shape index (κ1) is 15.0. The van der Waals surface area contributed by atoms with Gasteiger partial charge in [-0.05, 0) is 54.9 Å². The molecule has 0 aromatic heterocycles. The Morgan fingerprint density at radius 2 is 1.95 bits per heavy atom. The van der Waals surface area contributed by atoms with Crippen molar-refractivity contribution in [3.05, 3.63) is 34.1 Å². The van der Waals surface area contributed by atoms with Gasteiger partial charge in [-0.25, -0.2) is 4.39 Å². The molecule has 2 rings (SSSR count). The Kier molecular flexibility index (Phi) is 5.40. The number of benzene rings is 1. The van der Waals surface area contributed by atoms with E-state index in [-0.39, 0.29) is 11.9 Å². The van der Waals surface area contributed by atoms with Crippen LogP contribution in [0.3, 0.4) is 0 Å². The van der Waals surface area contributed by atoms with Gasteiger partial charge in [0, 0.05) is 10.5 Å². The third-order valence-corrected chi connectivity index (χ3v) is 4.93. The van der Waals surface area contributed by atoms with Crippen molar-refractivity contribution in [1.82, 2.24) is 0 Å². The van der Waals surface area contributed by atoms with Crippen LogP contribution in [0.5, 0.6) is 0 Å². The van der Waals surface area contributed by atoms with Crippen LogP contribution in [-0.2, 0) is 6.42 Å². The first-order valence-corrected chi connectivity index (χ1v) is 8.08. The molecule has 0 amide bonds. The van der Waals surface area contributed by atoms with Crippen LogP contribution < -0.4 is 5.73 Å². The molecule has 0 saturated heterocycles. The van der Waals surface area contributed by atoms with Crippen molar-refractivity contribution >= 4 is 15.9 Å². The SMILES string of the molecule is CCC1CCC(C(N)Cc2cc(F)cc(Br)c2)CC1. The Hall–Kier alpha value is -0.410. The zero-order chi connectivity index (χ0) is 13.8. The third-order valence-electron chi connectivity index (χ3n) is 4.47. The molecule has 1 fully saturated rings. The second-order valence-corrected chi connectivity index (χ2v) is 6.75. The molecule has 1 aliphatic rings. The van der Waals surface area contributed by atoms with Crippen LogP contribution in [0.1, 0.15) is 44.6 Å². The quantitative estimate of drug-likeness (QED) is 0.854. The predicted octanol–water partition coefficient (Wildman–Crippen LogP) is 4.67. The van der Waals surface area contributed by atoms with Crippen molar-refractivity contribution in [1.29, 1.82) is 0 Å². The highest BCUT2D eigenvalue weighted by molar-refractivity contribution is 9.10. The van der Waals surface area contributed by atoms with Crippen LogP contribution >= 0.6 is 15.9 Å². The van der Waals surface area contributed by atoms with Crippen molar-refractivity contribution in [3.63, 3.8) is 0 Å². The van der Waals surface area contributed by atoms with E-state index in [1.165, 1.54) is 38.2 Å². The lowest BCUT2D eigenvalue weighted by Crippen LogP contribution is -2.34. The fraction of sp³-hybridized carbons (Fsp3) is 0.625. The van der Waals surface area contributed by atoms with E-state index in [1.54, 1.807) is 6.07 Å². The van der Waals surface area contributed by atoms with Crippen molar-refractivity contribution in [3.8, 4) is 0 Å². The summed E-state index contributed by atoms with van der Waals surface area (Å²) in [5.74, 6) is 1.31. The third kappa shape index (κ3) is 4.28. The van der Waals surface area contributed by atoms with E-state index in [2.05, 4.69) is 22.9 Å². The summed E-state index contributed by atoms with van der Waals surface area (Å²) >= 11 is 3.34. The van der Waals surface area contributed by atoms with Gasteiger partial charge in [-0.3, -0.25) is 0 Å². The molecule has 0 aliphatic heterocycles. The molecule has 1 aromatic carbocycles. The average molecular weight is 328 g/mol. The Balaban J connectivity index is 1.92. The molecule has 1 aromatic rings. The van der Waals surface area contributed by atoms with Gasteiger partial charge in [-0.1, -0.05) is 42.1 Å². The van der Waals surface area contributed by atoms with Crippen LogP contribution in [0, 0.1) is 17.7 Å². The van der Waals surface area contributed by atoms with Crippen molar-refractivity contribution < 1.29 is 4.39 Å². The smallest absolute Gasteiger partial charge is 0.124 e. The fourth-order valence-electron chi connectivity index (χ4n) is 3.19. The Bertz CT molecular complexity index is 393. The average Bonchev–Trinajstić information content (AvgIpc) is 2.37. The summed E-state index contributed by atoms with van der Waals surface area (Å²) in [5.41, 5.74) is 7.33. The number of hydrogen-bond acceptors (Lipinski definition) is 1. The van der Waals surface area contributed by atoms with Gasteiger partial charge in [0.1, 0.15) is 5.82 Å². The van der Waals surface area contributed by atoms with Gasteiger partial charge in [0.15, 0.2) is 0 Å². The summed E-state index contributed by atoms with van der Waals surface area (Å²) in [6, 6.07) is 5.22. The fourth-order valence-corrected chi connectivity index (χ4v) is 3.70.